The summed E-state index contributed by atoms with van der Waals surface area (Å²) in [7, 11) is 1.23. The Kier molecular flexibility index (Phi) is 4.39. The minimum atomic E-state index is -2.63. The Hall–Kier alpha value is -0.990. The molecule has 0 spiro atoms. The van der Waals surface area contributed by atoms with E-state index >= 15 is 0 Å². The summed E-state index contributed by atoms with van der Waals surface area (Å²) >= 11 is 1.68. The van der Waals surface area contributed by atoms with Gasteiger partial charge in [0, 0.05) is 0 Å². The Morgan fingerprint density at radius 1 is 1.69 bits per heavy atom. The maximum absolute atomic E-state index is 12.5. The SMILES string of the molecule is COC(=O)Cc1nc(I)c(C(F)F)cc1N. The number of anilines is 1. The zero-order valence-corrected chi connectivity index (χ0v) is 10.5. The van der Waals surface area contributed by atoms with Gasteiger partial charge in [-0.05, 0) is 28.7 Å². The van der Waals surface area contributed by atoms with Gasteiger partial charge in [-0.3, -0.25) is 4.79 Å². The molecular formula is C9H9F2IN2O2. The van der Waals surface area contributed by atoms with Crippen molar-refractivity contribution in [3.05, 3.63) is 21.0 Å². The number of nitrogens with zero attached hydrogens (tertiary/aromatic N) is 1. The van der Waals surface area contributed by atoms with E-state index < -0.39 is 12.4 Å². The van der Waals surface area contributed by atoms with Crippen LogP contribution in [0, 0.1) is 3.70 Å². The summed E-state index contributed by atoms with van der Waals surface area (Å²) in [4.78, 5) is 14.9. The molecular weight excluding hydrogens is 333 g/mol. The lowest BCUT2D eigenvalue weighted by Crippen LogP contribution is -2.10. The molecule has 1 aromatic rings. The number of alkyl halides is 2. The van der Waals surface area contributed by atoms with Gasteiger partial charge in [-0.1, -0.05) is 0 Å². The van der Waals surface area contributed by atoms with E-state index in [1.807, 2.05) is 0 Å². The second kappa shape index (κ2) is 5.37. The van der Waals surface area contributed by atoms with Crippen molar-refractivity contribution in [1.82, 2.24) is 4.98 Å². The molecule has 1 heterocycles. The fourth-order valence-electron chi connectivity index (χ4n) is 1.06. The molecule has 16 heavy (non-hydrogen) atoms. The number of pyridine rings is 1. The summed E-state index contributed by atoms with van der Waals surface area (Å²) in [6, 6.07) is 1.14. The van der Waals surface area contributed by atoms with Crippen molar-refractivity contribution in [2.75, 3.05) is 12.8 Å². The second-order valence-corrected chi connectivity index (χ2v) is 3.98. The largest absolute Gasteiger partial charge is 0.469 e. The first-order chi connectivity index (χ1) is 7.45. The van der Waals surface area contributed by atoms with Gasteiger partial charge in [0.1, 0.15) is 3.70 Å². The molecule has 1 rings (SSSR count). The van der Waals surface area contributed by atoms with E-state index in [1.54, 1.807) is 22.6 Å². The average molecular weight is 342 g/mol. The van der Waals surface area contributed by atoms with Crippen LogP contribution < -0.4 is 5.73 Å². The first kappa shape index (κ1) is 13.1. The molecule has 4 nitrogen and oxygen atoms in total. The third kappa shape index (κ3) is 3.00. The summed E-state index contributed by atoms with van der Waals surface area (Å²) in [5.74, 6) is -0.514. The van der Waals surface area contributed by atoms with Gasteiger partial charge in [-0.25, -0.2) is 13.8 Å². The topological polar surface area (TPSA) is 65.2 Å². The van der Waals surface area contributed by atoms with Gasteiger partial charge in [0.05, 0.1) is 30.5 Å². The molecule has 88 valence electrons. The average Bonchev–Trinajstić information content (AvgIpc) is 2.22. The van der Waals surface area contributed by atoms with Crippen LogP contribution in [0.5, 0.6) is 0 Å². The normalized spacial score (nSPS) is 10.6. The van der Waals surface area contributed by atoms with Crippen LogP contribution >= 0.6 is 22.6 Å². The minimum Gasteiger partial charge on any atom is -0.469 e. The highest BCUT2D eigenvalue weighted by Crippen LogP contribution is 2.26. The van der Waals surface area contributed by atoms with E-state index in [2.05, 4.69) is 9.72 Å². The fraction of sp³-hybridized carbons (Fsp3) is 0.333. The van der Waals surface area contributed by atoms with Crippen LogP contribution in [0.2, 0.25) is 0 Å². The van der Waals surface area contributed by atoms with E-state index in [1.165, 1.54) is 7.11 Å². The van der Waals surface area contributed by atoms with Crippen molar-refractivity contribution in [2.24, 2.45) is 0 Å². The smallest absolute Gasteiger partial charge is 0.311 e. The van der Waals surface area contributed by atoms with Crippen LogP contribution in [0.4, 0.5) is 14.5 Å². The molecule has 0 atom stereocenters. The van der Waals surface area contributed by atoms with Crippen molar-refractivity contribution in [3.8, 4) is 0 Å². The molecule has 0 aromatic carbocycles. The number of hydrogen-bond donors (Lipinski definition) is 1. The summed E-state index contributed by atoms with van der Waals surface area (Å²) in [5, 5.41) is 0. The number of aromatic nitrogens is 1. The summed E-state index contributed by atoms with van der Waals surface area (Å²) in [6.45, 7) is 0. The van der Waals surface area contributed by atoms with Gasteiger partial charge in [0.2, 0.25) is 0 Å². The van der Waals surface area contributed by atoms with Crippen LogP contribution in [0.1, 0.15) is 17.7 Å². The quantitative estimate of drug-likeness (QED) is 0.518. The van der Waals surface area contributed by atoms with Gasteiger partial charge in [0.25, 0.3) is 6.43 Å². The lowest BCUT2D eigenvalue weighted by atomic mass is 10.2. The van der Waals surface area contributed by atoms with Crippen molar-refractivity contribution in [2.45, 2.75) is 12.8 Å². The van der Waals surface area contributed by atoms with Crippen LogP contribution in [0.3, 0.4) is 0 Å². The predicted octanol–water partition coefficient (Wildman–Crippen LogP) is 1.92. The number of esters is 1. The Bertz CT molecular complexity index is 413. The van der Waals surface area contributed by atoms with Gasteiger partial charge in [-0.15, -0.1) is 0 Å². The molecule has 0 fully saturated rings. The molecule has 0 saturated heterocycles. The maximum atomic E-state index is 12.5. The summed E-state index contributed by atoms with van der Waals surface area (Å²) in [5.41, 5.74) is 5.62. The highest BCUT2D eigenvalue weighted by Gasteiger charge is 2.17. The Balaban J connectivity index is 3.05. The number of rotatable bonds is 3. The molecule has 2 N–H and O–H groups in total. The number of nitrogens with two attached hydrogens (primary N) is 1. The number of methoxy groups -OCH3 is 1. The third-order valence-electron chi connectivity index (χ3n) is 1.89. The standard InChI is InChI=1S/C9H9F2IN2O2/c1-16-7(15)3-6-5(13)2-4(8(10)11)9(12)14-6/h2,8H,3,13H2,1H3. The number of carbonyl (C=O) groups excluding carboxylic acids is 1. The van der Waals surface area contributed by atoms with Crippen LogP contribution in [0.15, 0.2) is 6.07 Å². The molecule has 0 aliphatic heterocycles. The van der Waals surface area contributed by atoms with E-state index in [0.29, 0.717) is 0 Å². The Morgan fingerprint density at radius 3 is 2.81 bits per heavy atom. The summed E-state index contributed by atoms with van der Waals surface area (Å²) < 4.78 is 29.5. The van der Waals surface area contributed by atoms with Crippen LogP contribution in [-0.4, -0.2) is 18.1 Å². The van der Waals surface area contributed by atoms with Crippen molar-refractivity contribution < 1.29 is 18.3 Å². The molecule has 0 amide bonds. The molecule has 0 saturated carbocycles. The Morgan fingerprint density at radius 2 is 2.31 bits per heavy atom. The van der Waals surface area contributed by atoms with E-state index in [9.17, 15) is 13.6 Å². The van der Waals surface area contributed by atoms with Gasteiger partial charge in [-0.2, -0.15) is 0 Å². The lowest BCUT2D eigenvalue weighted by molar-refractivity contribution is -0.139. The van der Waals surface area contributed by atoms with Crippen LogP contribution in [-0.2, 0) is 16.0 Å². The maximum Gasteiger partial charge on any atom is 0.311 e. The van der Waals surface area contributed by atoms with Crippen molar-refractivity contribution >= 4 is 34.2 Å². The number of carbonyl (C=O) groups is 1. The highest BCUT2D eigenvalue weighted by molar-refractivity contribution is 14.1. The summed E-state index contributed by atoms with van der Waals surface area (Å²) in [6.07, 6.45) is -2.75. The molecule has 0 radical (unpaired) electrons. The molecule has 0 aliphatic carbocycles. The third-order valence-corrected chi connectivity index (χ3v) is 2.75. The monoisotopic (exact) mass is 342 g/mol. The molecule has 7 heteroatoms. The number of halogens is 3. The zero-order chi connectivity index (χ0) is 12.3. The fourth-order valence-corrected chi connectivity index (χ4v) is 1.74. The number of hydrogen-bond acceptors (Lipinski definition) is 4. The zero-order valence-electron chi connectivity index (χ0n) is 8.34. The van der Waals surface area contributed by atoms with E-state index in [4.69, 9.17) is 5.73 Å². The molecule has 0 unspecified atom stereocenters. The lowest BCUT2D eigenvalue weighted by Gasteiger charge is -2.08. The van der Waals surface area contributed by atoms with Crippen molar-refractivity contribution in [1.29, 1.82) is 0 Å². The molecule has 0 aliphatic rings. The van der Waals surface area contributed by atoms with Gasteiger partial charge < -0.3 is 10.5 Å². The van der Waals surface area contributed by atoms with Crippen LogP contribution in [0.25, 0.3) is 0 Å². The van der Waals surface area contributed by atoms with Gasteiger partial charge >= 0.3 is 5.97 Å². The van der Waals surface area contributed by atoms with Gasteiger partial charge in [0.15, 0.2) is 0 Å². The van der Waals surface area contributed by atoms with E-state index in [-0.39, 0.29) is 27.1 Å². The number of ether oxygens (including phenoxy) is 1. The van der Waals surface area contributed by atoms with Crippen molar-refractivity contribution in [3.63, 3.8) is 0 Å². The predicted molar refractivity (Wildman–Crippen MR) is 62.0 cm³/mol. The Labute approximate surface area is 104 Å². The van der Waals surface area contributed by atoms with E-state index in [0.717, 1.165) is 6.07 Å². The first-order valence-corrected chi connectivity index (χ1v) is 5.33. The number of nitrogen functional groups attached to an aromatic ring is 1. The highest BCUT2D eigenvalue weighted by atomic mass is 127. The second-order valence-electron chi connectivity index (χ2n) is 2.96. The molecule has 1 aromatic heterocycles. The first-order valence-electron chi connectivity index (χ1n) is 4.25. The minimum absolute atomic E-state index is 0.0705. The molecule has 0 bridgehead atoms.